The first-order valence-electron chi connectivity index (χ1n) is 7.86. The van der Waals surface area contributed by atoms with Crippen LogP contribution >= 0.6 is 23.1 Å². The van der Waals surface area contributed by atoms with E-state index in [0.29, 0.717) is 21.5 Å². The Kier molecular flexibility index (Phi) is 5.85. The van der Waals surface area contributed by atoms with E-state index >= 15 is 0 Å². The number of aromatic nitrogens is 1. The molecule has 2 aromatic carbocycles. The van der Waals surface area contributed by atoms with Crippen molar-refractivity contribution in [3.05, 3.63) is 48.3 Å². The highest BCUT2D eigenvalue weighted by atomic mass is 32.2. The summed E-state index contributed by atoms with van der Waals surface area (Å²) in [6.45, 7) is 1.45. The Balaban J connectivity index is 1.57. The third kappa shape index (κ3) is 4.80. The molecule has 0 aliphatic carbocycles. The second-order valence-corrected chi connectivity index (χ2v) is 7.63. The van der Waals surface area contributed by atoms with Crippen molar-refractivity contribution in [1.29, 1.82) is 0 Å². The molecule has 2 amide bonds. The number of anilines is 2. The zero-order chi connectivity index (χ0) is 18.5. The van der Waals surface area contributed by atoms with Gasteiger partial charge in [0.15, 0.2) is 5.13 Å². The Morgan fingerprint density at radius 2 is 2.00 bits per heavy atom. The summed E-state index contributed by atoms with van der Waals surface area (Å²) < 4.78 is 14.4. The number of nitrogens with one attached hydrogen (secondary N) is 2. The average Bonchev–Trinajstić information content (AvgIpc) is 2.97. The fraction of sp³-hybridized carbons (Fsp3) is 0.167. The van der Waals surface area contributed by atoms with E-state index in [-0.39, 0.29) is 24.1 Å². The summed E-state index contributed by atoms with van der Waals surface area (Å²) in [5.74, 6) is -0.117. The number of nitrogens with zero attached hydrogens (tertiary/aromatic N) is 1. The molecule has 0 saturated heterocycles. The van der Waals surface area contributed by atoms with Crippen LogP contribution in [0.15, 0.2) is 47.4 Å². The number of amides is 2. The zero-order valence-electron chi connectivity index (χ0n) is 13.9. The third-order valence-corrected chi connectivity index (χ3v) is 5.36. The molecule has 26 heavy (non-hydrogen) atoms. The number of rotatable bonds is 6. The van der Waals surface area contributed by atoms with Crippen LogP contribution in [0, 0.1) is 5.82 Å². The van der Waals surface area contributed by atoms with Gasteiger partial charge < -0.3 is 10.6 Å². The number of benzene rings is 2. The summed E-state index contributed by atoms with van der Waals surface area (Å²) in [7, 11) is 0. The Morgan fingerprint density at radius 1 is 1.19 bits per heavy atom. The van der Waals surface area contributed by atoms with Crippen LogP contribution in [0.5, 0.6) is 0 Å². The van der Waals surface area contributed by atoms with Crippen LogP contribution in [-0.2, 0) is 9.59 Å². The predicted molar refractivity (Wildman–Crippen MR) is 104 cm³/mol. The normalized spacial score (nSPS) is 10.7. The van der Waals surface area contributed by atoms with E-state index in [9.17, 15) is 14.0 Å². The van der Waals surface area contributed by atoms with E-state index in [1.165, 1.54) is 36.1 Å². The van der Waals surface area contributed by atoms with Gasteiger partial charge in [-0.25, -0.2) is 9.37 Å². The molecule has 134 valence electrons. The zero-order valence-corrected chi connectivity index (χ0v) is 15.5. The van der Waals surface area contributed by atoms with Gasteiger partial charge in [-0.1, -0.05) is 23.5 Å². The Labute approximate surface area is 158 Å². The second kappa shape index (κ2) is 8.29. The van der Waals surface area contributed by atoms with Crippen molar-refractivity contribution in [2.75, 3.05) is 16.4 Å². The fourth-order valence-electron chi connectivity index (χ4n) is 2.26. The SMILES string of the molecule is CC(=O)Nc1ccc2nc(NC(=O)CCSc3ccccc3F)sc2c1. The van der Waals surface area contributed by atoms with E-state index in [1.54, 1.807) is 30.3 Å². The first kappa shape index (κ1) is 18.3. The van der Waals surface area contributed by atoms with Crippen LogP contribution in [0.25, 0.3) is 10.2 Å². The summed E-state index contributed by atoms with van der Waals surface area (Å²) in [4.78, 5) is 28.1. The smallest absolute Gasteiger partial charge is 0.226 e. The van der Waals surface area contributed by atoms with E-state index in [4.69, 9.17) is 0 Å². The summed E-state index contributed by atoms with van der Waals surface area (Å²) in [5.41, 5.74) is 1.44. The molecule has 5 nitrogen and oxygen atoms in total. The van der Waals surface area contributed by atoms with Crippen molar-refractivity contribution in [2.24, 2.45) is 0 Å². The van der Waals surface area contributed by atoms with E-state index < -0.39 is 0 Å². The van der Waals surface area contributed by atoms with Crippen LogP contribution < -0.4 is 10.6 Å². The highest BCUT2D eigenvalue weighted by molar-refractivity contribution is 7.99. The molecule has 0 bridgehead atoms. The van der Waals surface area contributed by atoms with Crippen LogP contribution in [0.2, 0.25) is 0 Å². The lowest BCUT2D eigenvalue weighted by Crippen LogP contribution is -2.11. The van der Waals surface area contributed by atoms with E-state index in [2.05, 4.69) is 15.6 Å². The number of carbonyl (C=O) groups is 2. The Morgan fingerprint density at radius 3 is 2.77 bits per heavy atom. The Hall–Kier alpha value is -2.45. The maximum Gasteiger partial charge on any atom is 0.226 e. The standard InChI is InChI=1S/C18H16FN3O2S2/c1-11(23)20-12-6-7-14-16(10-12)26-18(21-14)22-17(24)8-9-25-15-5-3-2-4-13(15)19/h2-7,10H,8-9H2,1H3,(H,20,23)(H,21,22,24). The lowest BCUT2D eigenvalue weighted by Gasteiger charge is -2.03. The number of thiazole rings is 1. The van der Waals surface area contributed by atoms with Crippen LogP contribution in [0.1, 0.15) is 13.3 Å². The minimum atomic E-state index is -0.279. The van der Waals surface area contributed by atoms with Crippen LogP contribution in [0.4, 0.5) is 15.2 Å². The molecule has 8 heteroatoms. The van der Waals surface area contributed by atoms with Gasteiger partial charge in [-0.2, -0.15) is 0 Å². The largest absolute Gasteiger partial charge is 0.326 e. The molecule has 2 N–H and O–H groups in total. The lowest BCUT2D eigenvalue weighted by atomic mass is 10.3. The molecule has 1 heterocycles. The predicted octanol–water partition coefficient (Wildman–Crippen LogP) is 4.51. The van der Waals surface area contributed by atoms with Gasteiger partial charge in [0.25, 0.3) is 0 Å². The van der Waals surface area contributed by atoms with E-state index in [0.717, 1.165) is 10.2 Å². The van der Waals surface area contributed by atoms with Gasteiger partial charge in [0, 0.05) is 29.7 Å². The number of halogens is 1. The third-order valence-electron chi connectivity index (χ3n) is 3.38. The molecule has 0 aliphatic rings. The molecule has 0 atom stereocenters. The number of carbonyl (C=O) groups excluding carboxylic acids is 2. The molecule has 0 radical (unpaired) electrons. The topological polar surface area (TPSA) is 71.1 Å². The molecule has 3 rings (SSSR count). The summed E-state index contributed by atoms with van der Waals surface area (Å²) in [6, 6.07) is 11.9. The first-order valence-corrected chi connectivity index (χ1v) is 9.67. The van der Waals surface area contributed by atoms with Crippen LogP contribution in [0.3, 0.4) is 0 Å². The van der Waals surface area contributed by atoms with Crippen molar-refractivity contribution in [3.63, 3.8) is 0 Å². The molecular formula is C18H16FN3O2S2. The quantitative estimate of drug-likeness (QED) is 0.608. The Bertz CT molecular complexity index is 959. The molecule has 0 fully saturated rings. The maximum absolute atomic E-state index is 13.5. The minimum absolute atomic E-state index is 0.144. The van der Waals surface area contributed by atoms with Gasteiger partial charge in [-0.15, -0.1) is 11.8 Å². The van der Waals surface area contributed by atoms with Crippen molar-refractivity contribution < 1.29 is 14.0 Å². The number of hydrogen-bond acceptors (Lipinski definition) is 5. The second-order valence-electron chi connectivity index (χ2n) is 5.46. The van der Waals surface area contributed by atoms with Crippen molar-refractivity contribution in [2.45, 2.75) is 18.2 Å². The number of fused-ring (bicyclic) bond motifs is 1. The van der Waals surface area contributed by atoms with Gasteiger partial charge >= 0.3 is 0 Å². The fourth-order valence-corrected chi connectivity index (χ4v) is 4.07. The molecule has 0 saturated carbocycles. The van der Waals surface area contributed by atoms with E-state index in [1.807, 2.05) is 6.07 Å². The first-order chi connectivity index (χ1) is 12.5. The van der Waals surface area contributed by atoms with Gasteiger partial charge in [-0.05, 0) is 30.3 Å². The van der Waals surface area contributed by atoms with Gasteiger partial charge in [-0.3, -0.25) is 9.59 Å². The van der Waals surface area contributed by atoms with Crippen molar-refractivity contribution in [1.82, 2.24) is 4.98 Å². The summed E-state index contributed by atoms with van der Waals surface area (Å²) in [6.07, 6.45) is 0.256. The highest BCUT2D eigenvalue weighted by Gasteiger charge is 2.10. The van der Waals surface area contributed by atoms with Gasteiger partial charge in [0.05, 0.1) is 10.2 Å². The van der Waals surface area contributed by atoms with Gasteiger partial charge in [0.1, 0.15) is 5.82 Å². The lowest BCUT2D eigenvalue weighted by molar-refractivity contribution is -0.116. The highest BCUT2D eigenvalue weighted by Crippen LogP contribution is 2.29. The van der Waals surface area contributed by atoms with Crippen molar-refractivity contribution in [3.8, 4) is 0 Å². The molecule has 0 spiro atoms. The molecular weight excluding hydrogens is 373 g/mol. The maximum atomic E-state index is 13.5. The molecule has 3 aromatic rings. The van der Waals surface area contributed by atoms with Crippen LogP contribution in [-0.4, -0.2) is 22.6 Å². The molecule has 1 aromatic heterocycles. The summed E-state index contributed by atoms with van der Waals surface area (Å²) in [5, 5.41) is 5.98. The van der Waals surface area contributed by atoms with Crippen molar-refractivity contribution >= 4 is 55.9 Å². The number of thioether (sulfide) groups is 1. The number of hydrogen-bond donors (Lipinski definition) is 2. The molecule has 0 aliphatic heterocycles. The monoisotopic (exact) mass is 389 g/mol. The molecule has 0 unspecified atom stereocenters. The summed E-state index contributed by atoms with van der Waals surface area (Å²) >= 11 is 2.64. The average molecular weight is 389 g/mol. The van der Waals surface area contributed by atoms with Gasteiger partial charge in [0.2, 0.25) is 11.8 Å². The minimum Gasteiger partial charge on any atom is -0.326 e.